The zero-order chi connectivity index (χ0) is 7.44. The molecule has 0 fully saturated rings. The third kappa shape index (κ3) is 2.60. The van der Waals surface area contributed by atoms with Crippen LogP contribution in [0.2, 0.25) is 0 Å². The SMILES string of the molecule is CCN(C(=O)O)C(C)S. The largest absolute Gasteiger partial charge is 0.465 e. The van der Waals surface area contributed by atoms with Crippen molar-refractivity contribution in [3.8, 4) is 0 Å². The summed E-state index contributed by atoms with van der Waals surface area (Å²) >= 11 is 3.96. The molecular formula is C5H11NO2S. The van der Waals surface area contributed by atoms with E-state index in [2.05, 4.69) is 12.6 Å². The third-order valence-corrected chi connectivity index (χ3v) is 1.32. The molecule has 1 atom stereocenters. The first-order valence-corrected chi connectivity index (χ1v) is 3.28. The molecule has 0 aromatic carbocycles. The van der Waals surface area contributed by atoms with Crippen LogP contribution in [0.1, 0.15) is 13.8 Å². The summed E-state index contributed by atoms with van der Waals surface area (Å²) < 4.78 is 0. The Morgan fingerprint density at radius 1 is 1.89 bits per heavy atom. The molecule has 0 radical (unpaired) electrons. The highest BCUT2D eigenvalue weighted by atomic mass is 32.1. The Morgan fingerprint density at radius 2 is 2.33 bits per heavy atom. The van der Waals surface area contributed by atoms with E-state index in [4.69, 9.17) is 5.11 Å². The van der Waals surface area contributed by atoms with Gasteiger partial charge in [0.1, 0.15) is 0 Å². The molecule has 0 saturated heterocycles. The number of carboxylic acid groups (broad SMARTS) is 1. The highest BCUT2D eigenvalue weighted by Gasteiger charge is 2.12. The van der Waals surface area contributed by atoms with Crippen molar-refractivity contribution in [2.75, 3.05) is 6.54 Å². The number of hydrogen-bond acceptors (Lipinski definition) is 2. The summed E-state index contributed by atoms with van der Waals surface area (Å²) in [6, 6.07) is 0. The van der Waals surface area contributed by atoms with Crippen LogP contribution in [0.4, 0.5) is 4.79 Å². The minimum atomic E-state index is -0.917. The van der Waals surface area contributed by atoms with Gasteiger partial charge >= 0.3 is 6.09 Å². The van der Waals surface area contributed by atoms with E-state index in [1.54, 1.807) is 13.8 Å². The molecule has 0 heterocycles. The molecule has 0 aliphatic rings. The van der Waals surface area contributed by atoms with E-state index in [9.17, 15) is 4.79 Å². The number of thiol groups is 1. The Morgan fingerprint density at radius 3 is 2.33 bits per heavy atom. The molecule has 0 aromatic rings. The quantitative estimate of drug-likeness (QED) is 0.458. The maximum atomic E-state index is 10.2. The summed E-state index contributed by atoms with van der Waals surface area (Å²) in [4.78, 5) is 11.5. The average Bonchev–Trinajstić information content (AvgIpc) is 1.64. The summed E-state index contributed by atoms with van der Waals surface area (Å²) in [7, 11) is 0. The van der Waals surface area contributed by atoms with Crippen LogP contribution in [0, 0.1) is 0 Å². The first-order valence-electron chi connectivity index (χ1n) is 2.77. The second kappa shape index (κ2) is 3.61. The van der Waals surface area contributed by atoms with Crippen molar-refractivity contribution < 1.29 is 9.90 Å². The molecule has 0 aromatic heterocycles. The summed E-state index contributed by atoms with van der Waals surface area (Å²) in [6.45, 7) is 3.99. The molecule has 9 heavy (non-hydrogen) atoms. The van der Waals surface area contributed by atoms with Crippen LogP contribution >= 0.6 is 12.6 Å². The Labute approximate surface area is 60.1 Å². The maximum absolute atomic E-state index is 10.2. The lowest BCUT2D eigenvalue weighted by molar-refractivity contribution is 0.146. The maximum Gasteiger partial charge on any atom is 0.408 e. The van der Waals surface area contributed by atoms with Crippen molar-refractivity contribution in [3.05, 3.63) is 0 Å². The van der Waals surface area contributed by atoms with Gasteiger partial charge in [-0.05, 0) is 13.8 Å². The molecule has 0 aliphatic heterocycles. The fraction of sp³-hybridized carbons (Fsp3) is 0.800. The molecular weight excluding hydrogens is 138 g/mol. The van der Waals surface area contributed by atoms with E-state index in [0.717, 1.165) is 0 Å². The van der Waals surface area contributed by atoms with Crippen molar-refractivity contribution in [1.82, 2.24) is 4.90 Å². The van der Waals surface area contributed by atoms with Crippen molar-refractivity contribution in [2.45, 2.75) is 19.2 Å². The molecule has 1 unspecified atom stereocenters. The molecule has 1 amide bonds. The Balaban J connectivity index is 3.83. The monoisotopic (exact) mass is 149 g/mol. The van der Waals surface area contributed by atoms with Gasteiger partial charge in [0, 0.05) is 6.54 Å². The first-order chi connectivity index (χ1) is 4.09. The standard InChI is InChI=1S/C5H11NO2S/c1-3-6(4(2)9)5(7)8/h4,9H,3H2,1-2H3,(H,7,8). The fourth-order valence-corrected chi connectivity index (χ4v) is 0.821. The lowest BCUT2D eigenvalue weighted by atomic mass is 10.5. The summed E-state index contributed by atoms with van der Waals surface area (Å²) in [6.07, 6.45) is -0.917. The smallest absolute Gasteiger partial charge is 0.408 e. The normalized spacial score (nSPS) is 12.8. The van der Waals surface area contributed by atoms with Crippen LogP contribution in [0.3, 0.4) is 0 Å². The zero-order valence-corrected chi connectivity index (χ0v) is 6.43. The zero-order valence-electron chi connectivity index (χ0n) is 5.53. The minimum absolute atomic E-state index is 0.215. The van der Waals surface area contributed by atoms with Crippen molar-refractivity contribution in [2.24, 2.45) is 0 Å². The van der Waals surface area contributed by atoms with Gasteiger partial charge in [-0.1, -0.05) is 0 Å². The van der Waals surface area contributed by atoms with Crippen LogP contribution < -0.4 is 0 Å². The average molecular weight is 149 g/mol. The van der Waals surface area contributed by atoms with Crippen LogP contribution in [0.15, 0.2) is 0 Å². The second-order valence-electron chi connectivity index (χ2n) is 1.70. The Hall–Kier alpha value is -0.380. The lowest BCUT2D eigenvalue weighted by Gasteiger charge is -2.19. The van der Waals surface area contributed by atoms with E-state index in [1.807, 2.05) is 0 Å². The number of amides is 1. The highest BCUT2D eigenvalue weighted by Crippen LogP contribution is 2.01. The molecule has 0 spiro atoms. The molecule has 1 N–H and O–H groups in total. The van der Waals surface area contributed by atoms with Gasteiger partial charge in [-0.15, -0.1) is 0 Å². The highest BCUT2D eigenvalue weighted by molar-refractivity contribution is 7.80. The molecule has 0 aliphatic carbocycles. The van der Waals surface area contributed by atoms with Gasteiger partial charge in [0.2, 0.25) is 0 Å². The van der Waals surface area contributed by atoms with Gasteiger partial charge in [-0.2, -0.15) is 12.6 Å². The van der Waals surface area contributed by atoms with Gasteiger partial charge in [-0.3, -0.25) is 4.90 Å². The van der Waals surface area contributed by atoms with Gasteiger partial charge in [-0.25, -0.2) is 4.79 Å². The predicted octanol–water partition coefficient (Wildman–Crippen LogP) is 1.26. The van der Waals surface area contributed by atoms with Gasteiger partial charge in [0.25, 0.3) is 0 Å². The van der Waals surface area contributed by atoms with E-state index in [0.29, 0.717) is 6.54 Å². The topological polar surface area (TPSA) is 40.5 Å². The number of carbonyl (C=O) groups is 1. The summed E-state index contributed by atoms with van der Waals surface area (Å²) in [5.74, 6) is 0. The number of nitrogens with zero attached hydrogens (tertiary/aromatic N) is 1. The van der Waals surface area contributed by atoms with E-state index >= 15 is 0 Å². The number of rotatable bonds is 2. The van der Waals surface area contributed by atoms with Crippen LogP contribution in [-0.2, 0) is 0 Å². The van der Waals surface area contributed by atoms with Crippen LogP contribution in [0.25, 0.3) is 0 Å². The van der Waals surface area contributed by atoms with Gasteiger partial charge in [0.05, 0.1) is 5.37 Å². The second-order valence-corrected chi connectivity index (χ2v) is 2.45. The van der Waals surface area contributed by atoms with Gasteiger partial charge < -0.3 is 5.11 Å². The molecule has 54 valence electrons. The molecule has 0 bridgehead atoms. The van der Waals surface area contributed by atoms with Gasteiger partial charge in [0.15, 0.2) is 0 Å². The molecule has 3 nitrogen and oxygen atoms in total. The van der Waals surface area contributed by atoms with E-state index < -0.39 is 6.09 Å². The number of hydrogen-bond donors (Lipinski definition) is 2. The molecule has 4 heteroatoms. The third-order valence-electron chi connectivity index (χ3n) is 1.04. The van der Waals surface area contributed by atoms with Crippen LogP contribution in [-0.4, -0.2) is 28.0 Å². The van der Waals surface area contributed by atoms with E-state index in [-0.39, 0.29) is 5.37 Å². The van der Waals surface area contributed by atoms with Crippen molar-refractivity contribution in [3.63, 3.8) is 0 Å². The first kappa shape index (κ1) is 8.62. The predicted molar refractivity (Wildman–Crippen MR) is 38.9 cm³/mol. The molecule has 0 saturated carbocycles. The molecule has 0 rings (SSSR count). The fourth-order valence-electron chi connectivity index (χ4n) is 0.559. The lowest BCUT2D eigenvalue weighted by Crippen LogP contribution is -2.33. The minimum Gasteiger partial charge on any atom is -0.465 e. The van der Waals surface area contributed by atoms with E-state index in [1.165, 1.54) is 4.90 Å². The van der Waals surface area contributed by atoms with Crippen LogP contribution in [0.5, 0.6) is 0 Å². The summed E-state index contributed by atoms with van der Waals surface area (Å²) in [5.41, 5.74) is 0. The Bertz CT molecular complexity index is 105. The van der Waals surface area contributed by atoms with Crippen molar-refractivity contribution >= 4 is 18.7 Å². The van der Waals surface area contributed by atoms with Crippen molar-refractivity contribution in [1.29, 1.82) is 0 Å². The summed E-state index contributed by atoms with van der Waals surface area (Å²) in [5, 5.41) is 8.21. The Kier molecular flexibility index (Phi) is 3.46.